The summed E-state index contributed by atoms with van der Waals surface area (Å²) in [5.74, 6) is 0. The average molecular weight is 215 g/mol. The molecule has 1 aromatic heterocycles. The van der Waals surface area contributed by atoms with E-state index in [2.05, 4.69) is 48.0 Å². The van der Waals surface area contributed by atoms with Gasteiger partial charge in [0.05, 0.1) is 0 Å². The number of nitrogens with zero attached hydrogens (tertiary/aromatic N) is 1. The Hall–Kier alpha value is -1.54. The molecule has 0 radical (unpaired) electrons. The number of benzene rings is 1. The van der Waals surface area contributed by atoms with Gasteiger partial charge in [-0.25, -0.2) is 0 Å². The van der Waals surface area contributed by atoms with Crippen LogP contribution in [0.2, 0.25) is 0 Å². The molecule has 0 unspecified atom stereocenters. The van der Waals surface area contributed by atoms with Crippen molar-refractivity contribution in [3.63, 3.8) is 0 Å². The Morgan fingerprint density at radius 2 is 1.88 bits per heavy atom. The van der Waals surface area contributed by atoms with E-state index in [1.165, 1.54) is 16.8 Å². The average Bonchev–Trinajstić information content (AvgIpc) is 2.69. The summed E-state index contributed by atoms with van der Waals surface area (Å²) in [7, 11) is 0. The van der Waals surface area contributed by atoms with Crippen LogP contribution in [0.3, 0.4) is 0 Å². The van der Waals surface area contributed by atoms with Gasteiger partial charge in [0.15, 0.2) is 0 Å². The summed E-state index contributed by atoms with van der Waals surface area (Å²) in [6, 6.07) is 12.5. The van der Waals surface area contributed by atoms with Crippen molar-refractivity contribution in [2.45, 2.75) is 19.9 Å². The molecule has 2 rings (SSSR count). The Bertz CT molecular complexity index is 445. The van der Waals surface area contributed by atoms with E-state index < -0.39 is 0 Å². The Balaban J connectivity index is 2.24. The molecule has 0 aliphatic heterocycles. The molecule has 0 spiro atoms. The molecule has 0 aliphatic carbocycles. The fourth-order valence-electron chi connectivity index (χ4n) is 1.89. The molecule has 1 N–H and O–H groups in total. The molecule has 2 heteroatoms. The molecule has 1 aromatic carbocycles. The molecule has 0 fully saturated rings. The van der Waals surface area contributed by atoms with E-state index in [4.69, 9.17) is 5.11 Å². The number of aryl methyl sites for hydroxylation is 2. The summed E-state index contributed by atoms with van der Waals surface area (Å²) < 4.78 is 2.19. The van der Waals surface area contributed by atoms with Gasteiger partial charge >= 0.3 is 0 Å². The van der Waals surface area contributed by atoms with E-state index in [0.717, 1.165) is 13.0 Å². The fraction of sp³-hybridized carbons (Fsp3) is 0.286. The van der Waals surface area contributed by atoms with Crippen molar-refractivity contribution < 1.29 is 5.11 Å². The van der Waals surface area contributed by atoms with Crippen molar-refractivity contribution in [1.82, 2.24) is 4.57 Å². The van der Waals surface area contributed by atoms with Crippen LogP contribution in [-0.4, -0.2) is 16.3 Å². The van der Waals surface area contributed by atoms with Crippen molar-refractivity contribution in [3.8, 4) is 11.1 Å². The van der Waals surface area contributed by atoms with Crippen LogP contribution in [0.4, 0.5) is 0 Å². The number of aromatic nitrogens is 1. The Labute approximate surface area is 96.2 Å². The van der Waals surface area contributed by atoms with Crippen molar-refractivity contribution >= 4 is 0 Å². The molecule has 0 aliphatic rings. The summed E-state index contributed by atoms with van der Waals surface area (Å²) in [5, 5.41) is 8.83. The molecule has 2 aromatic rings. The highest BCUT2D eigenvalue weighted by Gasteiger charge is 2.03. The summed E-state index contributed by atoms with van der Waals surface area (Å²) in [5.41, 5.74) is 3.73. The zero-order valence-electron chi connectivity index (χ0n) is 9.56. The number of hydrogen-bond donors (Lipinski definition) is 1. The monoisotopic (exact) mass is 215 g/mol. The standard InChI is InChI=1S/C14H17NO/c1-12-10-14(11-15(12)8-5-9-16)13-6-3-2-4-7-13/h2-4,6-7,10-11,16H,5,8-9H2,1H3. The molecule has 16 heavy (non-hydrogen) atoms. The third-order valence-corrected chi connectivity index (χ3v) is 2.78. The first-order valence-electron chi connectivity index (χ1n) is 5.64. The Kier molecular flexibility index (Phi) is 3.42. The van der Waals surface area contributed by atoms with E-state index in [9.17, 15) is 0 Å². The van der Waals surface area contributed by atoms with Crippen LogP contribution in [0.1, 0.15) is 12.1 Å². The van der Waals surface area contributed by atoms with Crippen molar-refractivity contribution in [1.29, 1.82) is 0 Å². The molecular formula is C14H17NO. The first kappa shape index (κ1) is 11.0. The first-order valence-corrected chi connectivity index (χ1v) is 5.64. The summed E-state index contributed by atoms with van der Waals surface area (Å²) in [4.78, 5) is 0. The minimum Gasteiger partial charge on any atom is -0.396 e. The van der Waals surface area contributed by atoms with Gasteiger partial charge in [0.25, 0.3) is 0 Å². The molecule has 0 amide bonds. The van der Waals surface area contributed by atoms with Gasteiger partial charge in [-0.05, 0) is 30.5 Å². The van der Waals surface area contributed by atoms with E-state index >= 15 is 0 Å². The lowest BCUT2D eigenvalue weighted by molar-refractivity contribution is 0.279. The summed E-state index contributed by atoms with van der Waals surface area (Å²) in [6.07, 6.45) is 2.96. The van der Waals surface area contributed by atoms with Gasteiger partial charge < -0.3 is 9.67 Å². The van der Waals surface area contributed by atoms with Crippen molar-refractivity contribution in [2.24, 2.45) is 0 Å². The quantitative estimate of drug-likeness (QED) is 0.833. The summed E-state index contributed by atoms with van der Waals surface area (Å²) in [6.45, 7) is 3.23. The number of hydrogen-bond acceptors (Lipinski definition) is 1. The maximum atomic E-state index is 8.83. The maximum absolute atomic E-state index is 8.83. The highest BCUT2D eigenvalue weighted by atomic mass is 16.3. The zero-order chi connectivity index (χ0) is 11.4. The van der Waals surface area contributed by atoms with Crippen molar-refractivity contribution in [2.75, 3.05) is 6.61 Å². The second kappa shape index (κ2) is 4.99. The normalized spacial score (nSPS) is 10.6. The predicted octanol–water partition coefficient (Wildman–Crippen LogP) is 2.85. The lowest BCUT2D eigenvalue weighted by Crippen LogP contribution is -1.99. The van der Waals surface area contributed by atoms with Crippen LogP contribution in [0.5, 0.6) is 0 Å². The van der Waals surface area contributed by atoms with Gasteiger partial charge in [-0.2, -0.15) is 0 Å². The zero-order valence-corrected chi connectivity index (χ0v) is 9.56. The Morgan fingerprint density at radius 3 is 2.56 bits per heavy atom. The number of aliphatic hydroxyl groups excluding tert-OH is 1. The van der Waals surface area contributed by atoms with E-state index in [1.54, 1.807) is 0 Å². The largest absolute Gasteiger partial charge is 0.396 e. The highest BCUT2D eigenvalue weighted by Crippen LogP contribution is 2.21. The minimum absolute atomic E-state index is 0.248. The second-order valence-electron chi connectivity index (χ2n) is 4.01. The van der Waals surface area contributed by atoms with Crippen LogP contribution in [-0.2, 0) is 6.54 Å². The minimum atomic E-state index is 0.248. The van der Waals surface area contributed by atoms with Crippen LogP contribution in [0.25, 0.3) is 11.1 Å². The van der Waals surface area contributed by atoms with Gasteiger partial charge in [-0.3, -0.25) is 0 Å². The number of rotatable bonds is 4. The lowest BCUT2D eigenvalue weighted by atomic mass is 10.1. The smallest absolute Gasteiger partial charge is 0.0448 e. The van der Waals surface area contributed by atoms with Crippen LogP contribution in [0, 0.1) is 6.92 Å². The van der Waals surface area contributed by atoms with E-state index in [-0.39, 0.29) is 6.61 Å². The molecule has 0 saturated heterocycles. The molecule has 1 heterocycles. The van der Waals surface area contributed by atoms with Crippen LogP contribution >= 0.6 is 0 Å². The van der Waals surface area contributed by atoms with Crippen LogP contribution < -0.4 is 0 Å². The van der Waals surface area contributed by atoms with Gasteiger partial charge in [-0.1, -0.05) is 30.3 Å². The topological polar surface area (TPSA) is 25.2 Å². The third kappa shape index (κ3) is 2.34. The van der Waals surface area contributed by atoms with Crippen molar-refractivity contribution in [3.05, 3.63) is 48.3 Å². The third-order valence-electron chi connectivity index (χ3n) is 2.78. The van der Waals surface area contributed by atoms with E-state index in [1.807, 2.05) is 6.07 Å². The first-order chi connectivity index (χ1) is 7.81. The fourth-order valence-corrected chi connectivity index (χ4v) is 1.89. The Morgan fingerprint density at radius 1 is 1.12 bits per heavy atom. The van der Waals surface area contributed by atoms with Gasteiger partial charge in [0, 0.05) is 25.0 Å². The van der Waals surface area contributed by atoms with E-state index in [0.29, 0.717) is 0 Å². The highest BCUT2D eigenvalue weighted by molar-refractivity contribution is 5.63. The second-order valence-corrected chi connectivity index (χ2v) is 4.01. The molecule has 0 atom stereocenters. The maximum Gasteiger partial charge on any atom is 0.0448 e. The summed E-state index contributed by atoms with van der Waals surface area (Å²) >= 11 is 0. The van der Waals surface area contributed by atoms with Gasteiger partial charge in [0.1, 0.15) is 0 Å². The molecule has 2 nitrogen and oxygen atoms in total. The van der Waals surface area contributed by atoms with Gasteiger partial charge in [0.2, 0.25) is 0 Å². The SMILES string of the molecule is Cc1cc(-c2ccccc2)cn1CCCO. The molecule has 0 saturated carbocycles. The number of aliphatic hydroxyl groups is 1. The predicted molar refractivity (Wildman–Crippen MR) is 66.3 cm³/mol. The van der Waals surface area contributed by atoms with Crippen LogP contribution in [0.15, 0.2) is 42.6 Å². The molecule has 0 bridgehead atoms. The lowest BCUT2D eigenvalue weighted by Gasteiger charge is -2.03. The van der Waals surface area contributed by atoms with Gasteiger partial charge in [-0.15, -0.1) is 0 Å². The molecule has 84 valence electrons. The molecular weight excluding hydrogens is 198 g/mol.